The molecule has 1 aromatic carbocycles. The number of quaternary nitrogens is 1. The van der Waals surface area contributed by atoms with Crippen LogP contribution >= 0.6 is 23.6 Å². The number of hydrogen-bond donors (Lipinski definition) is 1. The zero-order chi connectivity index (χ0) is 19.0. The first-order valence-corrected chi connectivity index (χ1v) is 10.6. The maximum absolute atomic E-state index is 5.71. The average Bonchev–Trinajstić information content (AvgIpc) is 3.28. The lowest BCUT2D eigenvalue weighted by Gasteiger charge is -2.31. The van der Waals surface area contributed by atoms with Crippen LogP contribution in [0.3, 0.4) is 0 Å². The molecular formula is C20H25N4OS2+. The van der Waals surface area contributed by atoms with E-state index in [1.165, 1.54) is 10.5 Å². The summed E-state index contributed by atoms with van der Waals surface area (Å²) in [5.74, 6) is 1.66. The average molecular weight is 402 g/mol. The second-order valence-electron chi connectivity index (χ2n) is 6.94. The number of nitrogens with zero attached hydrogens (tertiary/aromatic N) is 3. The van der Waals surface area contributed by atoms with E-state index in [0.29, 0.717) is 6.04 Å². The van der Waals surface area contributed by atoms with E-state index in [9.17, 15) is 0 Å². The van der Waals surface area contributed by atoms with E-state index in [1.54, 1.807) is 12.0 Å². The molecule has 0 bridgehead atoms. The Bertz CT molecular complexity index is 1000. The van der Waals surface area contributed by atoms with Crippen molar-refractivity contribution in [3.8, 4) is 17.1 Å². The third kappa shape index (κ3) is 3.24. The van der Waals surface area contributed by atoms with Crippen LogP contribution in [0.15, 0.2) is 35.7 Å². The van der Waals surface area contributed by atoms with Gasteiger partial charge in [0.1, 0.15) is 11.8 Å². The smallest absolute Gasteiger partial charge is 0.202 e. The number of hydrogen-bond acceptors (Lipinski definition) is 4. The lowest BCUT2D eigenvalue weighted by Crippen LogP contribution is -3.12. The van der Waals surface area contributed by atoms with Gasteiger partial charge in [0.25, 0.3) is 0 Å². The minimum Gasteiger partial charge on any atom is -0.496 e. The van der Waals surface area contributed by atoms with E-state index >= 15 is 0 Å². The largest absolute Gasteiger partial charge is 0.496 e. The SMILES string of the molecule is CC[C@H]1c2ccsc2CC[NH+]1Cn1nc(-c2ccccc2OC)n(C)c1=S. The van der Waals surface area contributed by atoms with E-state index in [0.717, 1.165) is 48.0 Å². The van der Waals surface area contributed by atoms with Gasteiger partial charge in [-0.15, -0.1) is 16.4 Å². The minimum absolute atomic E-state index is 0.513. The Hall–Kier alpha value is -1.96. The minimum atomic E-state index is 0.513. The molecule has 142 valence electrons. The summed E-state index contributed by atoms with van der Waals surface area (Å²) in [6.45, 7) is 4.18. The van der Waals surface area contributed by atoms with Crippen molar-refractivity contribution in [2.24, 2.45) is 7.05 Å². The molecule has 2 aromatic heterocycles. The van der Waals surface area contributed by atoms with Crippen LogP contribution in [0, 0.1) is 4.77 Å². The molecule has 0 fully saturated rings. The number of para-hydroxylation sites is 1. The molecule has 0 saturated heterocycles. The zero-order valence-corrected chi connectivity index (χ0v) is 17.6. The highest BCUT2D eigenvalue weighted by molar-refractivity contribution is 7.71. The molecule has 1 unspecified atom stereocenters. The number of thiophene rings is 1. The van der Waals surface area contributed by atoms with Crippen molar-refractivity contribution in [3.63, 3.8) is 0 Å². The normalized spacial score (nSPS) is 19.1. The third-order valence-electron chi connectivity index (χ3n) is 5.47. The van der Waals surface area contributed by atoms with Crippen LogP contribution in [-0.4, -0.2) is 28.0 Å². The maximum atomic E-state index is 5.71. The van der Waals surface area contributed by atoms with E-state index in [1.807, 2.05) is 51.9 Å². The molecule has 1 aliphatic heterocycles. The van der Waals surface area contributed by atoms with Crippen LogP contribution in [0.1, 0.15) is 29.8 Å². The topological polar surface area (TPSA) is 36.4 Å². The van der Waals surface area contributed by atoms with Crippen molar-refractivity contribution in [2.45, 2.75) is 32.5 Å². The Kier molecular flexibility index (Phi) is 5.16. The second kappa shape index (κ2) is 7.58. The van der Waals surface area contributed by atoms with Crippen molar-refractivity contribution < 1.29 is 9.64 Å². The first-order chi connectivity index (χ1) is 13.1. The molecule has 5 nitrogen and oxygen atoms in total. The van der Waals surface area contributed by atoms with Crippen LogP contribution in [0.4, 0.5) is 0 Å². The molecule has 3 heterocycles. The molecule has 0 aliphatic carbocycles. The van der Waals surface area contributed by atoms with Gasteiger partial charge in [0.05, 0.1) is 19.2 Å². The Morgan fingerprint density at radius 2 is 2.15 bits per heavy atom. The van der Waals surface area contributed by atoms with Crippen LogP contribution < -0.4 is 9.64 Å². The van der Waals surface area contributed by atoms with Gasteiger partial charge in [0, 0.05) is 30.3 Å². The highest BCUT2D eigenvalue weighted by Crippen LogP contribution is 2.29. The molecule has 0 radical (unpaired) electrons. The van der Waals surface area contributed by atoms with Crippen molar-refractivity contribution in [3.05, 3.63) is 50.9 Å². The van der Waals surface area contributed by atoms with Crippen LogP contribution in [-0.2, 0) is 20.1 Å². The van der Waals surface area contributed by atoms with Crippen molar-refractivity contribution in [2.75, 3.05) is 13.7 Å². The number of nitrogens with one attached hydrogen (secondary N) is 1. The van der Waals surface area contributed by atoms with E-state index in [4.69, 9.17) is 22.1 Å². The number of ether oxygens (including phenoxy) is 1. The molecule has 1 N–H and O–H groups in total. The Morgan fingerprint density at radius 3 is 2.93 bits per heavy atom. The third-order valence-corrected chi connectivity index (χ3v) is 6.95. The van der Waals surface area contributed by atoms with Gasteiger partial charge in [-0.1, -0.05) is 19.1 Å². The maximum Gasteiger partial charge on any atom is 0.202 e. The molecule has 1 aliphatic rings. The van der Waals surface area contributed by atoms with Gasteiger partial charge in [-0.3, -0.25) is 0 Å². The number of rotatable bonds is 5. The highest BCUT2D eigenvalue weighted by atomic mass is 32.1. The van der Waals surface area contributed by atoms with Crippen LogP contribution in [0.2, 0.25) is 0 Å². The first-order valence-electron chi connectivity index (χ1n) is 9.32. The van der Waals surface area contributed by atoms with Gasteiger partial charge in [-0.2, -0.15) is 4.68 Å². The van der Waals surface area contributed by atoms with Gasteiger partial charge < -0.3 is 14.2 Å². The van der Waals surface area contributed by atoms with Gasteiger partial charge in [0.2, 0.25) is 4.77 Å². The van der Waals surface area contributed by atoms with Crippen molar-refractivity contribution in [1.82, 2.24) is 14.3 Å². The summed E-state index contributed by atoms with van der Waals surface area (Å²) in [4.78, 5) is 3.08. The summed E-state index contributed by atoms with van der Waals surface area (Å²) in [6.07, 6.45) is 2.26. The molecule has 0 amide bonds. The quantitative estimate of drug-likeness (QED) is 0.667. The number of benzene rings is 1. The molecule has 2 atom stereocenters. The van der Waals surface area contributed by atoms with Gasteiger partial charge in [0.15, 0.2) is 12.5 Å². The molecule has 0 saturated carbocycles. The molecular weight excluding hydrogens is 376 g/mol. The van der Waals surface area contributed by atoms with Crippen molar-refractivity contribution >= 4 is 23.6 Å². The number of fused-ring (bicyclic) bond motifs is 1. The standard InChI is InChI=1S/C20H24N4OS2/c1-4-16-14-10-12-27-18(14)9-11-23(16)13-24-20(26)22(2)19(21-24)15-7-5-6-8-17(15)25-3/h5-8,10,12,16H,4,9,11,13H2,1-3H3/p+1/t16-/m0/s1. The Labute approximate surface area is 168 Å². The predicted octanol–water partition coefficient (Wildman–Crippen LogP) is 3.24. The fraction of sp³-hybridized carbons (Fsp3) is 0.400. The van der Waals surface area contributed by atoms with Crippen molar-refractivity contribution in [1.29, 1.82) is 0 Å². The van der Waals surface area contributed by atoms with Crippen LogP contribution in [0.5, 0.6) is 5.75 Å². The molecule has 4 rings (SSSR count). The van der Waals surface area contributed by atoms with E-state index < -0.39 is 0 Å². The summed E-state index contributed by atoms with van der Waals surface area (Å²) in [7, 11) is 3.67. The van der Waals surface area contributed by atoms with E-state index in [2.05, 4.69) is 18.4 Å². The second-order valence-corrected chi connectivity index (χ2v) is 8.31. The van der Waals surface area contributed by atoms with E-state index in [-0.39, 0.29) is 0 Å². The molecule has 27 heavy (non-hydrogen) atoms. The first kappa shape index (κ1) is 18.4. The lowest BCUT2D eigenvalue weighted by atomic mass is 9.98. The predicted molar refractivity (Wildman–Crippen MR) is 111 cm³/mol. The Morgan fingerprint density at radius 1 is 1.33 bits per heavy atom. The fourth-order valence-corrected chi connectivity index (χ4v) is 5.21. The molecule has 3 aromatic rings. The monoisotopic (exact) mass is 401 g/mol. The summed E-state index contributed by atoms with van der Waals surface area (Å²) in [6, 6.07) is 10.8. The molecule has 7 heteroatoms. The zero-order valence-electron chi connectivity index (χ0n) is 15.9. The summed E-state index contributed by atoms with van der Waals surface area (Å²) < 4.78 is 10.2. The summed E-state index contributed by atoms with van der Waals surface area (Å²) >= 11 is 7.60. The van der Waals surface area contributed by atoms with Gasteiger partial charge >= 0.3 is 0 Å². The highest BCUT2D eigenvalue weighted by Gasteiger charge is 2.31. The summed E-state index contributed by atoms with van der Waals surface area (Å²) in [5, 5.41) is 7.10. The molecule has 0 spiro atoms. The summed E-state index contributed by atoms with van der Waals surface area (Å²) in [5.41, 5.74) is 2.48. The van der Waals surface area contributed by atoms with Crippen LogP contribution in [0.25, 0.3) is 11.4 Å². The fourth-order valence-electron chi connectivity index (χ4n) is 4.08. The van der Waals surface area contributed by atoms with Gasteiger partial charge in [-0.25, -0.2) is 0 Å². The Balaban J connectivity index is 1.67. The number of aromatic nitrogens is 3. The number of methoxy groups -OCH3 is 1. The lowest BCUT2D eigenvalue weighted by molar-refractivity contribution is -0.956. The van der Waals surface area contributed by atoms with Gasteiger partial charge in [-0.05, 0) is 35.8 Å².